The molecule has 3 rings (SSSR count). The number of aromatic nitrogens is 2. The van der Waals surface area contributed by atoms with E-state index in [9.17, 15) is 8.78 Å². The average Bonchev–Trinajstić information content (AvgIpc) is 2.73. The predicted molar refractivity (Wildman–Crippen MR) is 116 cm³/mol. The molecule has 1 aromatic heterocycles. The van der Waals surface area contributed by atoms with E-state index in [0.29, 0.717) is 10.4 Å². The molecule has 0 radical (unpaired) electrons. The maximum Gasteiger partial charge on any atom is 0.172 e. The zero-order valence-electron chi connectivity index (χ0n) is 17.7. The Kier molecular flexibility index (Phi) is 7.49. The van der Waals surface area contributed by atoms with Crippen LogP contribution in [0.3, 0.4) is 0 Å². The van der Waals surface area contributed by atoms with E-state index >= 15 is 0 Å². The van der Waals surface area contributed by atoms with Crippen molar-refractivity contribution in [3.05, 3.63) is 41.7 Å². The lowest BCUT2D eigenvalue weighted by Crippen LogP contribution is -2.40. The van der Waals surface area contributed by atoms with Crippen molar-refractivity contribution in [1.29, 1.82) is 0 Å². The lowest BCUT2D eigenvalue weighted by Gasteiger charge is -2.42. The fraction of sp³-hybridized carbons (Fsp3) is 0.565. The van der Waals surface area contributed by atoms with Crippen LogP contribution in [0.1, 0.15) is 64.5 Å². The number of anilines is 1. The zero-order chi connectivity index (χ0) is 20.9. The number of benzene rings is 1. The second-order valence-corrected chi connectivity index (χ2v) is 9.10. The third-order valence-corrected chi connectivity index (χ3v) is 7.35. The molecule has 6 heteroatoms. The van der Waals surface area contributed by atoms with Crippen LogP contribution < -0.4 is 4.90 Å². The second kappa shape index (κ2) is 9.88. The predicted octanol–water partition coefficient (Wildman–Crippen LogP) is 6.79. The van der Waals surface area contributed by atoms with E-state index in [0.717, 1.165) is 42.4 Å². The molecule has 1 aliphatic rings. The Bertz CT molecular complexity index is 820. The number of nitrogens with zero attached hydrogens (tertiary/aromatic N) is 3. The minimum atomic E-state index is -0.844. The van der Waals surface area contributed by atoms with Gasteiger partial charge in [-0.15, -0.1) is 0 Å². The van der Waals surface area contributed by atoms with Crippen molar-refractivity contribution >= 4 is 17.6 Å². The highest BCUT2D eigenvalue weighted by Gasteiger charge is 2.33. The molecule has 0 aliphatic carbocycles. The van der Waals surface area contributed by atoms with E-state index in [2.05, 4.69) is 23.7 Å². The first-order chi connectivity index (χ1) is 14.0. The Morgan fingerprint density at radius 2 is 1.90 bits per heavy atom. The van der Waals surface area contributed by atoms with Crippen molar-refractivity contribution < 1.29 is 8.78 Å². The minimum Gasteiger partial charge on any atom is -0.355 e. The van der Waals surface area contributed by atoms with Crippen molar-refractivity contribution in [3.8, 4) is 0 Å². The highest BCUT2D eigenvalue weighted by atomic mass is 32.2. The summed E-state index contributed by atoms with van der Waals surface area (Å²) < 4.78 is 27.4. The van der Waals surface area contributed by atoms with Gasteiger partial charge < -0.3 is 4.90 Å². The fourth-order valence-corrected chi connectivity index (χ4v) is 4.96. The van der Waals surface area contributed by atoms with Crippen LogP contribution in [0.2, 0.25) is 0 Å². The van der Waals surface area contributed by atoms with Gasteiger partial charge in [0.05, 0.1) is 16.8 Å². The molecule has 0 unspecified atom stereocenters. The van der Waals surface area contributed by atoms with Crippen molar-refractivity contribution in [2.45, 2.75) is 75.6 Å². The largest absolute Gasteiger partial charge is 0.355 e. The Morgan fingerprint density at radius 1 is 1.14 bits per heavy atom. The van der Waals surface area contributed by atoms with Gasteiger partial charge >= 0.3 is 0 Å². The molecule has 2 aromatic rings. The lowest BCUT2D eigenvalue weighted by atomic mass is 9.72. The van der Waals surface area contributed by atoms with Crippen molar-refractivity contribution in [2.75, 3.05) is 18.0 Å². The number of halogens is 2. The Balaban J connectivity index is 1.66. The fourth-order valence-electron chi connectivity index (χ4n) is 4.12. The molecule has 0 bridgehead atoms. The number of hydrogen-bond acceptors (Lipinski definition) is 4. The Morgan fingerprint density at radius 3 is 2.55 bits per heavy atom. The number of unbranched alkanes of at least 4 members (excludes halogenated alkanes) is 2. The topological polar surface area (TPSA) is 29.0 Å². The molecule has 1 aromatic carbocycles. The number of piperidine rings is 1. The summed E-state index contributed by atoms with van der Waals surface area (Å²) in [5.41, 5.74) is 1.21. The molecule has 0 atom stereocenters. The number of aryl methyl sites for hydroxylation is 1. The van der Waals surface area contributed by atoms with Gasteiger partial charge in [-0.1, -0.05) is 57.4 Å². The number of rotatable bonds is 8. The van der Waals surface area contributed by atoms with Gasteiger partial charge in [-0.2, -0.15) is 0 Å². The normalized spacial score (nSPS) is 16.2. The molecule has 0 saturated carbocycles. The van der Waals surface area contributed by atoms with Gasteiger partial charge in [0.15, 0.2) is 11.6 Å². The van der Waals surface area contributed by atoms with Crippen LogP contribution in [0, 0.1) is 24.0 Å². The van der Waals surface area contributed by atoms with Gasteiger partial charge in [0.2, 0.25) is 0 Å². The van der Waals surface area contributed by atoms with Crippen molar-refractivity contribution in [2.24, 2.45) is 5.41 Å². The summed E-state index contributed by atoms with van der Waals surface area (Å²) in [6, 6.07) is 4.19. The molecule has 1 saturated heterocycles. The Labute approximate surface area is 177 Å². The smallest absolute Gasteiger partial charge is 0.172 e. The molecule has 3 nitrogen and oxygen atoms in total. The molecule has 1 aliphatic heterocycles. The molecule has 0 spiro atoms. The van der Waals surface area contributed by atoms with E-state index in [4.69, 9.17) is 4.98 Å². The van der Waals surface area contributed by atoms with Crippen LogP contribution >= 0.6 is 11.8 Å². The lowest BCUT2D eigenvalue weighted by molar-refractivity contribution is 0.184. The van der Waals surface area contributed by atoms with Crippen LogP contribution in [0.25, 0.3) is 0 Å². The van der Waals surface area contributed by atoms with Gasteiger partial charge in [0.25, 0.3) is 0 Å². The monoisotopic (exact) mass is 419 g/mol. The first-order valence-corrected chi connectivity index (χ1v) is 11.5. The van der Waals surface area contributed by atoms with E-state index in [1.165, 1.54) is 51.0 Å². The molecular formula is C23H31F2N3S. The first-order valence-electron chi connectivity index (χ1n) is 10.7. The van der Waals surface area contributed by atoms with E-state index in [1.807, 2.05) is 6.92 Å². The summed E-state index contributed by atoms with van der Waals surface area (Å²) in [6.07, 6.45) is 10.6. The third-order valence-electron chi connectivity index (χ3n) is 6.22. The summed E-state index contributed by atoms with van der Waals surface area (Å²) in [4.78, 5) is 11.8. The molecule has 1 fully saturated rings. The SMILES string of the molecule is CCCCCC1(CC)CCN(c2cnc(Sc3cccc(F)c3F)c(C)n2)CC1. The summed E-state index contributed by atoms with van der Waals surface area (Å²) in [6.45, 7) is 8.45. The maximum atomic E-state index is 14.0. The highest BCUT2D eigenvalue weighted by Crippen LogP contribution is 2.41. The molecule has 158 valence electrons. The van der Waals surface area contributed by atoms with Crippen molar-refractivity contribution in [3.63, 3.8) is 0 Å². The molecule has 2 heterocycles. The van der Waals surface area contributed by atoms with Crippen LogP contribution in [-0.2, 0) is 0 Å². The third kappa shape index (κ3) is 5.27. The van der Waals surface area contributed by atoms with Crippen LogP contribution in [-0.4, -0.2) is 23.1 Å². The van der Waals surface area contributed by atoms with Gasteiger partial charge in [0.1, 0.15) is 10.8 Å². The summed E-state index contributed by atoms with van der Waals surface area (Å²) in [7, 11) is 0. The summed E-state index contributed by atoms with van der Waals surface area (Å²) in [5.74, 6) is -0.800. The van der Waals surface area contributed by atoms with Crippen LogP contribution in [0.5, 0.6) is 0 Å². The van der Waals surface area contributed by atoms with E-state index in [-0.39, 0.29) is 4.90 Å². The summed E-state index contributed by atoms with van der Waals surface area (Å²) in [5, 5.41) is 0.609. The standard InChI is InChI=1S/C23H31F2N3S/c1-4-6-7-11-23(5-2)12-14-28(15-13-23)20-16-26-22(17(3)27-20)29-19-10-8-9-18(24)21(19)25/h8-10,16H,4-7,11-15H2,1-3H3. The average molecular weight is 420 g/mol. The van der Waals surface area contributed by atoms with Gasteiger partial charge in [0, 0.05) is 13.1 Å². The Hall–Kier alpha value is -1.69. The molecule has 0 N–H and O–H groups in total. The van der Waals surface area contributed by atoms with Gasteiger partial charge in [-0.25, -0.2) is 18.7 Å². The zero-order valence-corrected chi connectivity index (χ0v) is 18.5. The minimum absolute atomic E-state index is 0.230. The van der Waals surface area contributed by atoms with Crippen LogP contribution in [0.15, 0.2) is 34.3 Å². The molecular weight excluding hydrogens is 388 g/mol. The van der Waals surface area contributed by atoms with E-state index < -0.39 is 11.6 Å². The molecule has 0 amide bonds. The van der Waals surface area contributed by atoms with Gasteiger partial charge in [-0.3, -0.25) is 0 Å². The van der Waals surface area contributed by atoms with Crippen LogP contribution in [0.4, 0.5) is 14.6 Å². The summed E-state index contributed by atoms with van der Waals surface area (Å²) >= 11 is 1.12. The first kappa shape index (κ1) is 22.0. The second-order valence-electron chi connectivity index (χ2n) is 8.07. The number of hydrogen-bond donors (Lipinski definition) is 0. The quantitative estimate of drug-likeness (QED) is 0.440. The van der Waals surface area contributed by atoms with E-state index in [1.54, 1.807) is 12.3 Å². The van der Waals surface area contributed by atoms with Gasteiger partial charge in [-0.05, 0) is 43.7 Å². The van der Waals surface area contributed by atoms with Crippen molar-refractivity contribution in [1.82, 2.24) is 9.97 Å². The highest BCUT2D eigenvalue weighted by molar-refractivity contribution is 7.99. The molecule has 29 heavy (non-hydrogen) atoms. The maximum absolute atomic E-state index is 14.0.